The van der Waals surface area contributed by atoms with Gasteiger partial charge in [0.15, 0.2) is 0 Å². The highest BCUT2D eigenvalue weighted by molar-refractivity contribution is 5.92. The van der Waals surface area contributed by atoms with Crippen LogP contribution in [0.25, 0.3) is 0 Å². The van der Waals surface area contributed by atoms with Crippen molar-refractivity contribution in [2.24, 2.45) is 0 Å². The van der Waals surface area contributed by atoms with Gasteiger partial charge < -0.3 is 15.4 Å². The highest BCUT2D eigenvalue weighted by Crippen LogP contribution is 2.19. The highest BCUT2D eigenvalue weighted by atomic mass is 16.6. The van der Waals surface area contributed by atoms with Crippen molar-refractivity contribution in [1.29, 1.82) is 0 Å². The number of Topliss-reactive ketones (excluding diaryl/α,β-unsaturated/α-hetero) is 1. The third-order valence-corrected chi connectivity index (χ3v) is 4.14. The number of carbonyl (C=O) groups is 4. The first-order chi connectivity index (χ1) is 12.9. The number of likely N-dealkylation sites (tertiary alicyclic amines) is 1. The Kier molecular flexibility index (Phi) is 7.27. The molecule has 9 nitrogen and oxygen atoms in total. The summed E-state index contributed by atoms with van der Waals surface area (Å²) in [4.78, 5) is 52.9. The van der Waals surface area contributed by atoms with Crippen molar-refractivity contribution in [2.45, 2.75) is 45.4 Å². The lowest BCUT2D eigenvalue weighted by atomic mass is 10.2. The van der Waals surface area contributed by atoms with E-state index in [-0.39, 0.29) is 18.9 Å². The summed E-state index contributed by atoms with van der Waals surface area (Å²) in [6, 6.07) is 2.03. The monoisotopic (exact) mass is 376 g/mol. The molecular formula is C18H24N4O5. The number of pyridine rings is 1. The predicted octanol–water partition coefficient (Wildman–Crippen LogP) is 0.393. The van der Waals surface area contributed by atoms with Gasteiger partial charge in [-0.25, -0.2) is 4.79 Å². The second kappa shape index (κ2) is 9.65. The van der Waals surface area contributed by atoms with Crippen LogP contribution in [0.15, 0.2) is 24.5 Å². The maximum Gasteiger partial charge on any atom is 0.410 e. The smallest absolute Gasteiger partial charge is 0.410 e. The van der Waals surface area contributed by atoms with E-state index in [4.69, 9.17) is 4.74 Å². The van der Waals surface area contributed by atoms with E-state index in [0.717, 1.165) is 5.56 Å². The number of hydrogen-bond acceptors (Lipinski definition) is 6. The highest BCUT2D eigenvalue weighted by Gasteiger charge is 2.36. The van der Waals surface area contributed by atoms with Crippen molar-refractivity contribution in [3.63, 3.8) is 0 Å². The fourth-order valence-electron chi connectivity index (χ4n) is 2.71. The summed E-state index contributed by atoms with van der Waals surface area (Å²) >= 11 is 0. The van der Waals surface area contributed by atoms with Crippen LogP contribution in [0.1, 0.15) is 32.3 Å². The molecule has 1 aromatic heterocycles. The molecule has 0 aliphatic carbocycles. The number of amides is 3. The maximum atomic E-state index is 12.5. The van der Waals surface area contributed by atoms with Crippen LogP contribution in [0, 0.1) is 0 Å². The van der Waals surface area contributed by atoms with Crippen molar-refractivity contribution in [1.82, 2.24) is 20.5 Å². The van der Waals surface area contributed by atoms with Gasteiger partial charge in [-0.1, -0.05) is 6.07 Å². The van der Waals surface area contributed by atoms with E-state index in [9.17, 15) is 19.2 Å². The van der Waals surface area contributed by atoms with Crippen LogP contribution in [-0.2, 0) is 25.7 Å². The maximum absolute atomic E-state index is 12.5. The van der Waals surface area contributed by atoms with Gasteiger partial charge in [-0.3, -0.25) is 24.3 Å². The average Bonchev–Trinajstić information content (AvgIpc) is 3.15. The first kappa shape index (κ1) is 20.3. The number of carbonyl (C=O) groups excluding carboxylic acids is 4. The topological polar surface area (TPSA) is 118 Å². The molecule has 0 radical (unpaired) electrons. The Morgan fingerprint density at radius 3 is 2.81 bits per heavy atom. The zero-order valence-corrected chi connectivity index (χ0v) is 15.4. The molecule has 27 heavy (non-hydrogen) atoms. The molecule has 2 N–H and O–H groups in total. The standard InChI is InChI=1S/C18H24N4O5/c1-12(23)9-20-16(24)13(2)21-17(25)15-6-4-8-22(15)18(26)27-11-14-5-3-7-19-10-14/h3,5,7,10,13,15H,4,6,8-9,11H2,1-2H3,(H,20,24)(H,21,25)/t13-,15?/m0/s1. The Morgan fingerprint density at radius 1 is 1.37 bits per heavy atom. The molecule has 3 amide bonds. The van der Waals surface area contributed by atoms with E-state index in [2.05, 4.69) is 15.6 Å². The summed E-state index contributed by atoms with van der Waals surface area (Å²) in [7, 11) is 0. The number of ether oxygens (including phenoxy) is 1. The van der Waals surface area contributed by atoms with Gasteiger partial charge in [0.1, 0.15) is 24.5 Å². The van der Waals surface area contributed by atoms with Crippen LogP contribution in [-0.4, -0.2) is 58.7 Å². The third-order valence-electron chi connectivity index (χ3n) is 4.14. The number of rotatable bonds is 7. The van der Waals surface area contributed by atoms with Crippen LogP contribution in [0.2, 0.25) is 0 Å². The zero-order valence-electron chi connectivity index (χ0n) is 15.4. The molecule has 1 aliphatic heterocycles. The average molecular weight is 376 g/mol. The lowest BCUT2D eigenvalue weighted by molar-refractivity contribution is -0.131. The van der Waals surface area contributed by atoms with Crippen LogP contribution >= 0.6 is 0 Å². The summed E-state index contributed by atoms with van der Waals surface area (Å²) in [6.07, 6.45) is 3.81. The molecule has 2 rings (SSSR count). The largest absolute Gasteiger partial charge is 0.444 e. The summed E-state index contributed by atoms with van der Waals surface area (Å²) in [5.41, 5.74) is 0.752. The third kappa shape index (κ3) is 6.05. The molecule has 1 saturated heterocycles. The van der Waals surface area contributed by atoms with Crippen LogP contribution in [0.5, 0.6) is 0 Å². The Labute approximate surface area is 157 Å². The van der Waals surface area contributed by atoms with Gasteiger partial charge in [-0.15, -0.1) is 0 Å². The second-order valence-electron chi connectivity index (χ2n) is 6.42. The van der Waals surface area contributed by atoms with Gasteiger partial charge in [0.25, 0.3) is 0 Å². The van der Waals surface area contributed by atoms with Crippen molar-refractivity contribution in [2.75, 3.05) is 13.1 Å². The Balaban J connectivity index is 1.86. The minimum absolute atomic E-state index is 0.0708. The quantitative estimate of drug-likeness (QED) is 0.711. The van der Waals surface area contributed by atoms with Gasteiger partial charge in [0.2, 0.25) is 11.8 Å². The number of ketones is 1. The van der Waals surface area contributed by atoms with E-state index in [1.807, 2.05) is 0 Å². The fraction of sp³-hybridized carbons (Fsp3) is 0.500. The van der Waals surface area contributed by atoms with Gasteiger partial charge in [0, 0.05) is 24.5 Å². The molecule has 146 valence electrons. The minimum Gasteiger partial charge on any atom is -0.444 e. The lowest BCUT2D eigenvalue weighted by Gasteiger charge is -2.24. The van der Waals surface area contributed by atoms with Crippen molar-refractivity contribution < 1.29 is 23.9 Å². The molecule has 1 aromatic rings. The molecule has 2 heterocycles. The summed E-state index contributed by atoms with van der Waals surface area (Å²) in [5, 5.41) is 5.02. The number of hydrogen-bond donors (Lipinski definition) is 2. The molecule has 1 aliphatic rings. The van der Waals surface area contributed by atoms with E-state index in [1.54, 1.807) is 24.5 Å². The SMILES string of the molecule is CC(=O)CNC(=O)[C@H](C)NC(=O)C1CCCN1C(=O)OCc1cccnc1. The molecule has 2 atom stereocenters. The summed E-state index contributed by atoms with van der Waals surface area (Å²) in [6.45, 7) is 3.27. The zero-order chi connectivity index (χ0) is 19.8. The Bertz CT molecular complexity index is 694. The molecule has 1 fully saturated rings. The normalized spacial score (nSPS) is 17.1. The van der Waals surface area contributed by atoms with E-state index in [1.165, 1.54) is 18.7 Å². The van der Waals surface area contributed by atoms with Gasteiger partial charge in [-0.2, -0.15) is 0 Å². The number of aromatic nitrogens is 1. The van der Waals surface area contributed by atoms with Crippen LogP contribution in [0.4, 0.5) is 4.79 Å². The molecular weight excluding hydrogens is 352 g/mol. The first-order valence-electron chi connectivity index (χ1n) is 8.78. The van der Waals surface area contributed by atoms with Crippen molar-refractivity contribution >= 4 is 23.7 Å². The van der Waals surface area contributed by atoms with Crippen molar-refractivity contribution in [3.05, 3.63) is 30.1 Å². The molecule has 9 heteroatoms. The summed E-state index contributed by atoms with van der Waals surface area (Å²) in [5.74, 6) is -1.06. The van der Waals surface area contributed by atoms with Crippen LogP contribution in [0.3, 0.4) is 0 Å². The number of nitrogens with one attached hydrogen (secondary N) is 2. The molecule has 0 saturated carbocycles. The molecule has 0 spiro atoms. The molecule has 0 aromatic carbocycles. The Hall–Kier alpha value is -2.97. The first-order valence-corrected chi connectivity index (χ1v) is 8.78. The fourth-order valence-corrected chi connectivity index (χ4v) is 2.71. The van der Waals surface area contributed by atoms with Gasteiger partial charge in [0.05, 0.1) is 6.54 Å². The Morgan fingerprint density at radius 2 is 2.15 bits per heavy atom. The summed E-state index contributed by atoms with van der Waals surface area (Å²) < 4.78 is 5.26. The van der Waals surface area contributed by atoms with Gasteiger partial charge >= 0.3 is 6.09 Å². The van der Waals surface area contributed by atoms with E-state index in [0.29, 0.717) is 19.4 Å². The molecule has 0 bridgehead atoms. The van der Waals surface area contributed by atoms with E-state index < -0.39 is 30.0 Å². The number of nitrogens with zero attached hydrogens (tertiary/aromatic N) is 2. The lowest BCUT2D eigenvalue weighted by Crippen LogP contribution is -2.52. The van der Waals surface area contributed by atoms with Gasteiger partial charge in [-0.05, 0) is 32.8 Å². The second-order valence-corrected chi connectivity index (χ2v) is 6.42. The van der Waals surface area contributed by atoms with E-state index >= 15 is 0 Å². The van der Waals surface area contributed by atoms with Crippen LogP contribution < -0.4 is 10.6 Å². The minimum atomic E-state index is -0.814. The predicted molar refractivity (Wildman–Crippen MR) is 95.4 cm³/mol. The molecule has 1 unspecified atom stereocenters. The van der Waals surface area contributed by atoms with Crippen molar-refractivity contribution in [3.8, 4) is 0 Å².